The van der Waals surface area contributed by atoms with Gasteiger partial charge in [0.25, 0.3) is 0 Å². The van der Waals surface area contributed by atoms with Crippen LogP contribution in [0.2, 0.25) is 0 Å². The molecule has 0 unspecified atom stereocenters. The SMILES string of the molecule is O=C([C@@H]1C[C@H]1c1ccccc1)N1CCc2c(ncnc2N2CCOCC2)C1. The molecule has 140 valence electrons. The Labute approximate surface area is 159 Å². The summed E-state index contributed by atoms with van der Waals surface area (Å²) in [6, 6.07) is 10.4. The summed E-state index contributed by atoms with van der Waals surface area (Å²) in [6.07, 6.45) is 3.44. The van der Waals surface area contributed by atoms with Crippen LogP contribution in [0.25, 0.3) is 0 Å². The second-order valence-corrected chi connectivity index (χ2v) is 7.59. The number of aromatic nitrogens is 2. The topological polar surface area (TPSA) is 58.6 Å². The van der Waals surface area contributed by atoms with Crippen molar-refractivity contribution < 1.29 is 9.53 Å². The summed E-state index contributed by atoms with van der Waals surface area (Å²) in [5.74, 6) is 1.83. The van der Waals surface area contributed by atoms with Gasteiger partial charge in [0, 0.05) is 31.1 Å². The average molecular weight is 364 g/mol. The van der Waals surface area contributed by atoms with Crippen molar-refractivity contribution >= 4 is 11.7 Å². The molecule has 27 heavy (non-hydrogen) atoms. The molecule has 2 aromatic rings. The van der Waals surface area contributed by atoms with Crippen LogP contribution in [0.1, 0.15) is 29.2 Å². The molecule has 3 heterocycles. The van der Waals surface area contributed by atoms with Crippen molar-refractivity contribution in [2.45, 2.75) is 25.3 Å². The maximum atomic E-state index is 13.0. The van der Waals surface area contributed by atoms with Crippen LogP contribution in [0.3, 0.4) is 0 Å². The number of benzene rings is 1. The smallest absolute Gasteiger partial charge is 0.226 e. The van der Waals surface area contributed by atoms with Gasteiger partial charge >= 0.3 is 0 Å². The van der Waals surface area contributed by atoms with E-state index < -0.39 is 0 Å². The van der Waals surface area contributed by atoms with Crippen LogP contribution in [-0.4, -0.2) is 53.6 Å². The molecule has 1 saturated heterocycles. The second kappa shape index (κ2) is 6.93. The van der Waals surface area contributed by atoms with Crippen molar-refractivity contribution in [1.82, 2.24) is 14.9 Å². The number of carbonyl (C=O) groups excluding carboxylic acids is 1. The number of anilines is 1. The van der Waals surface area contributed by atoms with Gasteiger partial charge in [-0.1, -0.05) is 30.3 Å². The van der Waals surface area contributed by atoms with Gasteiger partial charge in [-0.25, -0.2) is 9.97 Å². The van der Waals surface area contributed by atoms with E-state index in [1.54, 1.807) is 6.33 Å². The van der Waals surface area contributed by atoms with E-state index in [4.69, 9.17) is 4.74 Å². The third-order valence-electron chi connectivity index (χ3n) is 5.94. The zero-order valence-electron chi connectivity index (χ0n) is 15.4. The molecule has 1 aliphatic carbocycles. The Hall–Kier alpha value is -2.47. The molecule has 6 heteroatoms. The van der Waals surface area contributed by atoms with E-state index in [9.17, 15) is 4.79 Å². The van der Waals surface area contributed by atoms with E-state index in [2.05, 4.69) is 39.1 Å². The Morgan fingerprint density at radius 2 is 1.89 bits per heavy atom. The number of fused-ring (bicyclic) bond motifs is 1. The molecule has 0 N–H and O–H groups in total. The van der Waals surface area contributed by atoms with E-state index in [0.29, 0.717) is 12.5 Å². The fourth-order valence-corrected chi connectivity index (χ4v) is 4.34. The van der Waals surface area contributed by atoms with E-state index in [-0.39, 0.29) is 11.8 Å². The zero-order valence-corrected chi connectivity index (χ0v) is 15.4. The molecule has 2 aliphatic heterocycles. The minimum atomic E-state index is 0.134. The molecule has 2 atom stereocenters. The van der Waals surface area contributed by atoms with Gasteiger partial charge in [0.15, 0.2) is 0 Å². The Balaban J connectivity index is 1.30. The Morgan fingerprint density at radius 1 is 1.07 bits per heavy atom. The summed E-state index contributed by atoms with van der Waals surface area (Å²) >= 11 is 0. The van der Waals surface area contributed by atoms with Crippen molar-refractivity contribution in [2.75, 3.05) is 37.7 Å². The summed E-state index contributed by atoms with van der Waals surface area (Å²) in [5, 5.41) is 0. The quantitative estimate of drug-likeness (QED) is 0.834. The van der Waals surface area contributed by atoms with Gasteiger partial charge in [0.2, 0.25) is 5.91 Å². The lowest BCUT2D eigenvalue weighted by Crippen LogP contribution is -2.41. The third kappa shape index (κ3) is 3.18. The van der Waals surface area contributed by atoms with Gasteiger partial charge in [-0.05, 0) is 24.3 Å². The highest BCUT2D eigenvalue weighted by atomic mass is 16.5. The second-order valence-electron chi connectivity index (χ2n) is 7.59. The fraction of sp³-hybridized carbons (Fsp3) is 0.476. The predicted octanol–water partition coefficient (Wildman–Crippen LogP) is 2.00. The monoisotopic (exact) mass is 364 g/mol. The molecule has 2 fully saturated rings. The number of morpholine rings is 1. The van der Waals surface area contributed by atoms with Crippen LogP contribution in [0, 0.1) is 5.92 Å². The summed E-state index contributed by atoms with van der Waals surface area (Å²) in [5.41, 5.74) is 3.49. The highest BCUT2D eigenvalue weighted by Crippen LogP contribution is 2.48. The van der Waals surface area contributed by atoms with Crippen molar-refractivity contribution in [2.24, 2.45) is 5.92 Å². The Morgan fingerprint density at radius 3 is 2.70 bits per heavy atom. The molecular formula is C21H24N4O2. The highest BCUT2D eigenvalue weighted by Gasteiger charge is 2.46. The van der Waals surface area contributed by atoms with Crippen LogP contribution in [0.15, 0.2) is 36.7 Å². The van der Waals surface area contributed by atoms with Gasteiger partial charge in [-0.15, -0.1) is 0 Å². The van der Waals surface area contributed by atoms with Crippen molar-refractivity contribution in [3.8, 4) is 0 Å². The molecule has 1 saturated carbocycles. The summed E-state index contributed by atoms with van der Waals surface area (Å²) < 4.78 is 5.46. The van der Waals surface area contributed by atoms with E-state index in [1.807, 2.05) is 11.0 Å². The normalized spacial score (nSPS) is 24.4. The number of rotatable bonds is 3. The summed E-state index contributed by atoms with van der Waals surface area (Å²) in [7, 11) is 0. The zero-order chi connectivity index (χ0) is 18.2. The first-order chi connectivity index (χ1) is 13.3. The molecule has 5 rings (SSSR count). The maximum Gasteiger partial charge on any atom is 0.226 e. The van der Waals surface area contributed by atoms with E-state index in [1.165, 1.54) is 11.1 Å². The van der Waals surface area contributed by atoms with E-state index >= 15 is 0 Å². The molecule has 1 amide bonds. The third-order valence-corrected chi connectivity index (χ3v) is 5.94. The lowest BCUT2D eigenvalue weighted by Gasteiger charge is -2.33. The molecule has 0 radical (unpaired) electrons. The van der Waals surface area contributed by atoms with Gasteiger partial charge in [-0.3, -0.25) is 4.79 Å². The summed E-state index contributed by atoms with van der Waals surface area (Å²) in [6.45, 7) is 4.58. The lowest BCUT2D eigenvalue weighted by atomic mass is 10.0. The van der Waals surface area contributed by atoms with Crippen LogP contribution in [0.4, 0.5) is 5.82 Å². The molecule has 0 bridgehead atoms. The first-order valence-electron chi connectivity index (χ1n) is 9.80. The van der Waals surface area contributed by atoms with Crippen LogP contribution in [-0.2, 0) is 22.5 Å². The minimum Gasteiger partial charge on any atom is -0.378 e. The van der Waals surface area contributed by atoms with E-state index in [0.717, 1.165) is 57.2 Å². The average Bonchev–Trinajstić information content (AvgIpc) is 3.54. The molecule has 1 aromatic heterocycles. The fourth-order valence-electron chi connectivity index (χ4n) is 4.34. The van der Waals surface area contributed by atoms with Gasteiger partial charge in [0.05, 0.1) is 25.5 Å². The minimum absolute atomic E-state index is 0.134. The van der Waals surface area contributed by atoms with Gasteiger partial charge < -0.3 is 14.5 Å². The molecular weight excluding hydrogens is 340 g/mol. The Kier molecular flexibility index (Phi) is 4.28. The largest absolute Gasteiger partial charge is 0.378 e. The highest BCUT2D eigenvalue weighted by molar-refractivity contribution is 5.83. The molecule has 1 aromatic carbocycles. The van der Waals surface area contributed by atoms with Crippen molar-refractivity contribution in [3.05, 3.63) is 53.5 Å². The number of nitrogens with zero attached hydrogens (tertiary/aromatic N) is 4. The number of amides is 1. The predicted molar refractivity (Wildman–Crippen MR) is 101 cm³/mol. The number of carbonyl (C=O) groups is 1. The van der Waals surface area contributed by atoms with Crippen LogP contribution >= 0.6 is 0 Å². The first-order valence-corrected chi connectivity index (χ1v) is 9.80. The molecule has 6 nitrogen and oxygen atoms in total. The van der Waals surface area contributed by atoms with Gasteiger partial charge in [0.1, 0.15) is 12.1 Å². The van der Waals surface area contributed by atoms with Crippen molar-refractivity contribution in [3.63, 3.8) is 0 Å². The van der Waals surface area contributed by atoms with Crippen molar-refractivity contribution in [1.29, 1.82) is 0 Å². The number of hydrogen-bond donors (Lipinski definition) is 0. The first kappa shape index (κ1) is 16.7. The standard InChI is InChI=1S/C21H24N4O2/c26-21(18-12-17(18)15-4-2-1-3-5-15)25-7-6-16-19(13-25)22-14-23-20(16)24-8-10-27-11-9-24/h1-5,14,17-18H,6-13H2/t17-,18+/m0/s1. The number of hydrogen-bond acceptors (Lipinski definition) is 5. The molecule has 3 aliphatic rings. The lowest BCUT2D eigenvalue weighted by molar-refractivity contribution is -0.133. The van der Waals surface area contributed by atoms with Gasteiger partial charge in [-0.2, -0.15) is 0 Å². The maximum absolute atomic E-state index is 13.0. The van der Waals surface area contributed by atoms with Crippen LogP contribution in [0.5, 0.6) is 0 Å². The van der Waals surface area contributed by atoms with Crippen LogP contribution < -0.4 is 4.90 Å². The number of ether oxygens (including phenoxy) is 1. The molecule has 0 spiro atoms. The Bertz CT molecular complexity index is 835. The summed E-state index contributed by atoms with van der Waals surface area (Å²) in [4.78, 5) is 26.3.